The summed E-state index contributed by atoms with van der Waals surface area (Å²) in [5.41, 5.74) is 5.44. The third-order valence-electron chi connectivity index (χ3n) is 6.04. The van der Waals surface area contributed by atoms with E-state index in [0.717, 1.165) is 49.2 Å². The van der Waals surface area contributed by atoms with E-state index in [9.17, 15) is 0 Å². The minimum absolute atomic E-state index is 0.583. The average Bonchev–Trinajstić information content (AvgIpc) is 3.62. The summed E-state index contributed by atoms with van der Waals surface area (Å²) in [6, 6.07) is 5.79. The molecule has 0 amide bonds. The molecule has 6 nitrogen and oxygen atoms in total. The first-order valence-corrected chi connectivity index (χ1v) is 10.2. The van der Waals surface area contributed by atoms with Crippen LogP contribution in [0.15, 0.2) is 24.5 Å². The molecule has 2 saturated carbocycles. The molecule has 1 aliphatic heterocycles. The van der Waals surface area contributed by atoms with E-state index in [0.29, 0.717) is 6.04 Å². The fraction of sp³-hybridized carbons (Fsp3) is 0.524. The van der Waals surface area contributed by atoms with Gasteiger partial charge >= 0.3 is 0 Å². The first kappa shape index (κ1) is 16.8. The van der Waals surface area contributed by atoms with Crippen molar-refractivity contribution in [3.63, 3.8) is 0 Å². The van der Waals surface area contributed by atoms with E-state index in [-0.39, 0.29) is 0 Å². The van der Waals surface area contributed by atoms with Crippen LogP contribution in [0.1, 0.15) is 42.9 Å². The fourth-order valence-electron chi connectivity index (χ4n) is 4.15. The van der Waals surface area contributed by atoms with Crippen LogP contribution >= 0.6 is 0 Å². The molecule has 2 N–H and O–H groups in total. The summed E-state index contributed by atoms with van der Waals surface area (Å²) in [6.07, 6.45) is 10.6. The second kappa shape index (κ2) is 6.68. The maximum absolute atomic E-state index is 7.82. The Kier molecular flexibility index (Phi) is 4.16. The highest BCUT2D eigenvalue weighted by Gasteiger charge is 2.31. The Morgan fingerprint density at radius 2 is 1.81 bits per heavy atom. The lowest BCUT2D eigenvalue weighted by Gasteiger charge is -2.37. The predicted octanol–water partition coefficient (Wildman–Crippen LogP) is 3.55. The second-order valence-electron chi connectivity index (χ2n) is 8.19. The van der Waals surface area contributed by atoms with Gasteiger partial charge in [0.25, 0.3) is 0 Å². The third kappa shape index (κ3) is 3.46. The average molecular weight is 364 g/mol. The van der Waals surface area contributed by atoms with E-state index in [2.05, 4.69) is 50.2 Å². The molecule has 1 aromatic carbocycles. The molecule has 2 aliphatic carbocycles. The normalized spacial score (nSPS) is 20.7. The van der Waals surface area contributed by atoms with Gasteiger partial charge in [0.05, 0.1) is 17.9 Å². The van der Waals surface area contributed by atoms with Crippen molar-refractivity contribution >= 4 is 23.3 Å². The van der Waals surface area contributed by atoms with Gasteiger partial charge in [0.1, 0.15) is 0 Å². The lowest BCUT2D eigenvalue weighted by molar-refractivity contribution is 0.248. The van der Waals surface area contributed by atoms with Gasteiger partial charge in [-0.05, 0) is 50.3 Å². The van der Waals surface area contributed by atoms with E-state index in [1.54, 1.807) is 0 Å². The van der Waals surface area contributed by atoms with Crippen LogP contribution in [0.5, 0.6) is 0 Å². The number of rotatable bonds is 6. The van der Waals surface area contributed by atoms with Crippen LogP contribution in [0.3, 0.4) is 0 Å². The third-order valence-corrected chi connectivity index (χ3v) is 6.04. The summed E-state index contributed by atoms with van der Waals surface area (Å²) in [5.74, 6) is 0. The van der Waals surface area contributed by atoms with Gasteiger partial charge in [0, 0.05) is 61.6 Å². The fourth-order valence-corrected chi connectivity index (χ4v) is 4.15. The molecule has 6 heteroatoms. The number of anilines is 3. The number of aryl methyl sites for hydroxylation is 1. The van der Waals surface area contributed by atoms with Gasteiger partial charge in [-0.15, -0.1) is 0 Å². The van der Waals surface area contributed by atoms with Gasteiger partial charge in [0.15, 0.2) is 0 Å². The van der Waals surface area contributed by atoms with Crippen LogP contribution in [0, 0.1) is 12.3 Å². The molecule has 0 bridgehead atoms. The molecule has 3 aliphatic rings. The van der Waals surface area contributed by atoms with Crippen molar-refractivity contribution in [2.24, 2.45) is 0 Å². The quantitative estimate of drug-likeness (QED) is 0.770. The molecule has 0 spiro atoms. The van der Waals surface area contributed by atoms with Crippen molar-refractivity contribution in [2.45, 2.75) is 44.7 Å². The minimum Gasteiger partial charge on any atom is -0.369 e. The molecule has 2 aromatic rings. The molecule has 1 saturated heterocycles. The summed E-state index contributed by atoms with van der Waals surface area (Å²) < 4.78 is 2.05. The number of aromatic nitrogens is 2. The molecule has 0 radical (unpaired) electrons. The lowest BCUT2D eigenvalue weighted by atomic mass is 10.1. The highest BCUT2D eigenvalue weighted by atomic mass is 15.3. The molecular weight excluding hydrogens is 336 g/mol. The van der Waals surface area contributed by atoms with E-state index in [1.165, 1.54) is 43.1 Å². The Morgan fingerprint density at radius 3 is 2.48 bits per heavy atom. The minimum atomic E-state index is 0.583. The molecule has 5 rings (SSSR count). The molecule has 1 aromatic heterocycles. The predicted molar refractivity (Wildman–Crippen MR) is 110 cm³/mol. The number of nitrogens with one attached hydrogen (secondary N) is 2. The highest BCUT2D eigenvalue weighted by Crippen LogP contribution is 2.36. The second-order valence-corrected chi connectivity index (χ2v) is 8.19. The van der Waals surface area contributed by atoms with Gasteiger partial charge in [-0.3, -0.25) is 9.58 Å². The molecular formula is C21H28N6. The standard InChI is InChI=1S/C21H28N6/c1-15-10-16(12-22)20(24-17-13-23-27(14-17)19-4-5-19)11-21(15)26-8-6-25(7-9-26)18-2-3-18/h10-14,18-19,22,24H,2-9H2,1H3. The number of nitrogens with zero attached hydrogens (tertiary/aromatic N) is 4. The topological polar surface area (TPSA) is 60.2 Å². The maximum atomic E-state index is 7.82. The van der Waals surface area contributed by atoms with Crippen LogP contribution in [0.25, 0.3) is 0 Å². The SMILES string of the molecule is Cc1cc(C=N)c(Nc2cnn(C3CC3)c2)cc1N1CCN(C2CC2)CC1. The Labute approximate surface area is 160 Å². The Balaban J connectivity index is 1.37. The Hall–Kier alpha value is -2.34. The van der Waals surface area contributed by atoms with E-state index >= 15 is 0 Å². The molecule has 27 heavy (non-hydrogen) atoms. The zero-order valence-corrected chi connectivity index (χ0v) is 16.0. The van der Waals surface area contributed by atoms with Crippen molar-refractivity contribution < 1.29 is 0 Å². The van der Waals surface area contributed by atoms with Crippen LogP contribution in [-0.4, -0.2) is 53.1 Å². The number of hydrogen-bond donors (Lipinski definition) is 2. The van der Waals surface area contributed by atoms with Crippen LogP contribution < -0.4 is 10.2 Å². The summed E-state index contributed by atoms with van der Waals surface area (Å²) >= 11 is 0. The van der Waals surface area contributed by atoms with E-state index in [4.69, 9.17) is 5.41 Å². The zero-order valence-electron chi connectivity index (χ0n) is 16.0. The highest BCUT2D eigenvalue weighted by molar-refractivity contribution is 5.89. The van der Waals surface area contributed by atoms with Gasteiger partial charge in [-0.1, -0.05) is 0 Å². The Morgan fingerprint density at radius 1 is 1.07 bits per heavy atom. The van der Waals surface area contributed by atoms with Crippen molar-refractivity contribution in [3.05, 3.63) is 35.7 Å². The summed E-state index contributed by atoms with van der Waals surface area (Å²) in [5, 5.41) is 15.8. The van der Waals surface area contributed by atoms with Crippen molar-refractivity contribution in [3.8, 4) is 0 Å². The van der Waals surface area contributed by atoms with Gasteiger partial charge in [0.2, 0.25) is 0 Å². The van der Waals surface area contributed by atoms with Crippen molar-refractivity contribution in [2.75, 3.05) is 36.4 Å². The molecule has 0 atom stereocenters. The summed E-state index contributed by atoms with van der Waals surface area (Å²) in [4.78, 5) is 5.14. The number of benzene rings is 1. The first-order chi connectivity index (χ1) is 13.2. The zero-order chi connectivity index (χ0) is 18.4. The van der Waals surface area contributed by atoms with Crippen LogP contribution in [-0.2, 0) is 0 Å². The van der Waals surface area contributed by atoms with Crippen molar-refractivity contribution in [1.29, 1.82) is 5.41 Å². The largest absolute Gasteiger partial charge is 0.369 e. The smallest absolute Gasteiger partial charge is 0.0770 e. The monoisotopic (exact) mass is 364 g/mol. The molecule has 0 unspecified atom stereocenters. The van der Waals surface area contributed by atoms with Crippen LogP contribution in [0.2, 0.25) is 0 Å². The van der Waals surface area contributed by atoms with Gasteiger partial charge in [-0.2, -0.15) is 5.10 Å². The van der Waals surface area contributed by atoms with Gasteiger partial charge < -0.3 is 15.6 Å². The van der Waals surface area contributed by atoms with Crippen molar-refractivity contribution in [1.82, 2.24) is 14.7 Å². The van der Waals surface area contributed by atoms with Gasteiger partial charge in [-0.25, -0.2) is 0 Å². The number of piperazine rings is 1. The Bertz CT molecular complexity index is 840. The maximum Gasteiger partial charge on any atom is 0.0770 e. The molecule has 2 heterocycles. The van der Waals surface area contributed by atoms with Crippen LogP contribution in [0.4, 0.5) is 17.1 Å². The number of hydrogen-bond acceptors (Lipinski definition) is 5. The summed E-state index contributed by atoms with van der Waals surface area (Å²) in [7, 11) is 0. The first-order valence-electron chi connectivity index (χ1n) is 10.2. The van der Waals surface area contributed by atoms with E-state index in [1.807, 2.05) is 6.20 Å². The molecule has 3 fully saturated rings. The lowest BCUT2D eigenvalue weighted by Crippen LogP contribution is -2.47. The summed E-state index contributed by atoms with van der Waals surface area (Å²) in [6.45, 7) is 6.64. The molecule has 142 valence electrons. The van der Waals surface area contributed by atoms with E-state index < -0.39 is 0 Å².